The summed E-state index contributed by atoms with van der Waals surface area (Å²) in [5.41, 5.74) is 1.35. The molecule has 6 heteroatoms. The second-order valence-electron chi connectivity index (χ2n) is 4.01. The van der Waals surface area contributed by atoms with E-state index in [1.807, 2.05) is 13.8 Å². The van der Waals surface area contributed by atoms with Gasteiger partial charge in [-0.2, -0.15) is 0 Å². The molecule has 0 saturated heterocycles. The number of thiazole rings is 1. The third kappa shape index (κ3) is 3.29. The van der Waals surface area contributed by atoms with Gasteiger partial charge in [0.15, 0.2) is 0 Å². The quantitative estimate of drug-likeness (QED) is 0.929. The highest BCUT2D eigenvalue weighted by molar-refractivity contribution is 7.11. The van der Waals surface area contributed by atoms with E-state index in [1.165, 1.54) is 4.88 Å². The molecule has 1 N–H and O–H groups in total. The Bertz CT molecular complexity index is 576. The number of methoxy groups -OCH3 is 1. The lowest BCUT2D eigenvalue weighted by molar-refractivity contribution is 0.0945. The van der Waals surface area contributed by atoms with Gasteiger partial charge in [-0.3, -0.25) is 9.78 Å². The van der Waals surface area contributed by atoms with Crippen LogP contribution in [-0.2, 0) is 6.54 Å². The fourth-order valence-electron chi connectivity index (χ4n) is 1.52. The predicted molar refractivity (Wildman–Crippen MR) is 73.5 cm³/mol. The van der Waals surface area contributed by atoms with Crippen molar-refractivity contribution in [1.82, 2.24) is 15.3 Å². The Balaban J connectivity index is 2.00. The minimum absolute atomic E-state index is 0.232. The van der Waals surface area contributed by atoms with Gasteiger partial charge in [0.1, 0.15) is 16.5 Å². The molecular formula is C13H15N3O2S. The van der Waals surface area contributed by atoms with Gasteiger partial charge >= 0.3 is 0 Å². The number of pyridine rings is 1. The van der Waals surface area contributed by atoms with E-state index in [0.717, 1.165) is 10.7 Å². The maximum atomic E-state index is 11.9. The highest BCUT2D eigenvalue weighted by Gasteiger charge is 2.10. The van der Waals surface area contributed by atoms with Crippen LogP contribution in [0.2, 0.25) is 0 Å². The fraction of sp³-hybridized carbons (Fsp3) is 0.308. The van der Waals surface area contributed by atoms with Crippen molar-refractivity contribution in [3.63, 3.8) is 0 Å². The van der Waals surface area contributed by atoms with E-state index in [9.17, 15) is 4.79 Å². The lowest BCUT2D eigenvalue weighted by Crippen LogP contribution is -2.23. The summed E-state index contributed by atoms with van der Waals surface area (Å²) >= 11 is 1.59. The Hall–Kier alpha value is -1.95. The number of nitrogens with one attached hydrogen (secondary N) is 1. The monoisotopic (exact) mass is 277 g/mol. The van der Waals surface area contributed by atoms with E-state index >= 15 is 0 Å². The van der Waals surface area contributed by atoms with E-state index < -0.39 is 0 Å². The number of carbonyl (C=O) groups is 1. The van der Waals surface area contributed by atoms with E-state index in [-0.39, 0.29) is 5.91 Å². The van der Waals surface area contributed by atoms with Gasteiger partial charge < -0.3 is 10.1 Å². The molecule has 0 bridgehead atoms. The van der Waals surface area contributed by atoms with E-state index in [4.69, 9.17) is 4.74 Å². The predicted octanol–water partition coefficient (Wildman–Crippen LogP) is 2.09. The first-order valence-corrected chi connectivity index (χ1v) is 6.63. The molecule has 19 heavy (non-hydrogen) atoms. The number of hydrogen-bond donors (Lipinski definition) is 1. The summed E-state index contributed by atoms with van der Waals surface area (Å²) in [6.45, 7) is 4.39. The van der Waals surface area contributed by atoms with E-state index in [0.29, 0.717) is 18.0 Å². The SMILES string of the molecule is COc1ccnc(C(=O)NCc2nc(C)c(C)s2)c1. The van der Waals surface area contributed by atoms with Crippen molar-refractivity contribution in [1.29, 1.82) is 0 Å². The normalized spacial score (nSPS) is 10.3. The summed E-state index contributed by atoms with van der Waals surface area (Å²) in [4.78, 5) is 21.5. The zero-order chi connectivity index (χ0) is 13.8. The zero-order valence-electron chi connectivity index (χ0n) is 11.1. The number of nitrogens with zero attached hydrogens (tertiary/aromatic N) is 2. The molecule has 0 unspecified atom stereocenters. The molecule has 0 saturated carbocycles. The van der Waals surface area contributed by atoms with Crippen LogP contribution in [0.1, 0.15) is 26.1 Å². The molecule has 0 atom stereocenters. The average Bonchev–Trinajstić information content (AvgIpc) is 2.75. The molecule has 100 valence electrons. The van der Waals surface area contributed by atoms with Crippen LogP contribution in [0.3, 0.4) is 0 Å². The first-order chi connectivity index (χ1) is 9.10. The number of hydrogen-bond acceptors (Lipinski definition) is 5. The Kier molecular flexibility index (Phi) is 4.11. The van der Waals surface area contributed by atoms with Crippen LogP contribution in [0.5, 0.6) is 5.75 Å². The lowest BCUT2D eigenvalue weighted by Gasteiger charge is -2.04. The van der Waals surface area contributed by atoms with Gasteiger partial charge in [0, 0.05) is 17.1 Å². The van der Waals surface area contributed by atoms with Gasteiger partial charge in [-0.25, -0.2) is 4.98 Å². The Morgan fingerprint density at radius 1 is 1.47 bits per heavy atom. The number of rotatable bonds is 4. The highest BCUT2D eigenvalue weighted by atomic mass is 32.1. The van der Waals surface area contributed by atoms with Gasteiger partial charge in [-0.15, -0.1) is 11.3 Å². The second kappa shape index (κ2) is 5.79. The van der Waals surface area contributed by atoms with E-state index in [1.54, 1.807) is 36.8 Å². The maximum Gasteiger partial charge on any atom is 0.270 e. The van der Waals surface area contributed by atoms with Crippen LogP contribution in [-0.4, -0.2) is 23.0 Å². The van der Waals surface area contributed by atoms with E-state index in [2.05, 4.69) is 15.3 Å². The highest BCUT2D eigenvalue weighted by Crippen LogP contribution is 2.16. The average molecular weight is 277 g/mol. The van der Waals surface area contributed by atoms with Crippen molar-refractivity contribution in [2.24, 2.45) is 0 Å². The summed E-state index contributed by atoms with van der Waals surface area (Å²) in [5.74, 6) is 0.380. The van der Waals surface area contributed by atoms with Crippen molar-refractivity contribution >= 4 is 17.2 Å². The molecule has 1 amide bonds. The van der Waals surface area contributed by atoms with Gasteiger partial charge in [-0.1, -0.05) is 0 Å². The largest absolute Gasteiger partial charge is 0.497 e. The third-order valence-electron chi connectivity index (χ3n) is 2.67. The molecule has 2 aromatic heterocycles. The van der Waals surface area contributed by atoms with Crippen LogP contribution in [0.15, 0.2) is 18.3 Å². The van der Waals surface area contributed by atoms with Crippen molar-refractivity contribution in [2.45, 2.75) is 20.4 Å². The first-order valence-electron chi connectivity index (χ1n) is 5.81. The standard InChI is InChI=1S/C13H15N3O2S/c1-8-9(2)19-12(16-8)7-15-13(17)11-6-10(18-3)4-5-14-11/h4-6H,7H2,1-3H3,(H,15,17). The number of aryl methyl sites for hydroxylation is 2. The van der Waals surface area contributed by atoms with Crippen molar-refractivity contribution in [3.8, 4) is 5.75 Å². The third-order valence-corrected chi connectivity index (χ3v) is 3.75. The first kappa shape index (κ1) is 13.5. The Morgan fingerprint density at radius 3 is 2.89 bits per heavy atom. The van der Waals surface area contributed by atoms with Crippen molar-refractivity contribution in [3.05, 3.63) is 39.6 Å². The van der Waals surface area contributed by atoms with Gasteiger partial charge in [-0.05, 0) is 19.9 Å². The second-order valence-corrected chi connectivity index (χ2v) is 5.30. The number of amides is 1. The Labute approximate surface area is 115 Å². The molecule has 0 spiro atoms. The van der Waals surface area contributed by atoms with Crippen LogP contribution >= 0.6 is 11.3 Å². The van der Waals surface area contributed by atoms with Gasteiger partial charge in [0.25, 0.3) is 5.91 Å². The molecule has 0 aliphatic carbocycles. The van der Waals surface area contributed by atoms with Crippen molar-refractivity contribution in [2.75, 3.05) is 7.11 Å². The molecule has 5 nitrogen and oxygen atoms in total. The summed E-state index contributed by atoms with van der Waals surface area (Å²) in [5, 5.41) is 3.69. The van der Waals surface area contributed by atoms with Gasteiger partial charge in [0.2, 0.25) is 0 Å². The van der Waals surface area contributed by atoms with Crippen LogP contribution in [0.4, 0.5) is 0 Å². The van der Waals surface area contributed by atoms with Gasteiger partial charge in [0.05, 0.1) is 19.3 Å². The number of carbonyl (C=O) groups excluding carboxylic acids is 1. The molecular weight excluding hydrogens is 262 g/mol. The Morgan fingerprint density at radius 2 is 2.26 bits per heavy atom. The number of aromatic nitrogens is 2. The topological polar surface area (TPSA) is 64.1 Å². The van der Waals surface area contributed by atoms with Crippen LogP contribution in [0, 0.1) is 13.8 Å². The smallest absolute Gasteiger partial charge is 0.270 e. The number of ether oxygens (including phenoxy) is 1. The summed E-state index contributed by atoms with van der Waals surface area (Å²) in [6, 6.07) is 3.30. The molecule has 0 aliphatic rings. The molecule has 0 radical (unpaired) electrons. The molecule has 0 aliphatic heterocycles. The summed E-state index contributed by atoms with van der Waals surface area (Å²) < 4.78 is 5.06. The zero-order valence-corrected chi connectivity index (χ0v) is 11.9. The molecule has 2 heterocycles. The maximum absolute atomic E-state index is 11.9. The molecule has 0 aromatic carbocycles. The minimum Gasteiger partial charge on any atom is -0.497 e. The van der Waals surface area contributed by atoms with Crippen LogP contribution in [0.25, 0.3) is 0 Å². The molecule has 2 aromatic rings. The lowest BCUT2D eigenvalue weighted by atomic mass is 10.3. The molecule has 2 rings (SSSR count). The summed E-state index contributed by atoms with van der Waals surface area (Å²) in [7, 11) is 1.55. The fourth-order valence-corrected chi connectivity index (χ4v) is 2.40. The molecule has 0 fully saturated rings. The van der Waals surface area contributed by atoms with Crippen LogP contribution < -0.4 is 10.1 Å². The minimum atomic E-state index is -0.232. The summed E-state index contributed by atoms with van der Waals surface area (Å²) in [6.07, 6.45) is 1.55. The van der Waals surface area contributed by atoms with Crippen molar-refractivity contribution < 1.29 is 9.53 Å².